The van der Waals surface area contributed by atoms with Crippen LogP contribution in [-0.4, -0.2) is 21.7 Å². The fourth-order valence-corrected chi connectivity index (χ4v) is 2.08. The van der Waals surface area contributed by atoms with Gasteiger partial charge in [0.1, 0.15) is 0 Å². The van der Waals surface area contributed by atoms with E-state index in [1.165, 1.54) is 12.1 Å². The van der Waals surface area contributed by atoms with Gasteiger partial charge in [-0.1, -0.05) is 6.07 Å². The first kappa shape index (κ1) is 11.3. The van der Waals surface area contributed by atoms with Gasteiger partial charge in [-0.2, -0.15) is 8.42 Å². The summed E-state index contributed by atoms with van der Waals surface area (Å²) < 4.78 is 49.6. The van der Waals surface area contributed by atoms with Gasteiger partial charge in [0.15, 0.2) is 11.1 Å². The zero-order chi connectivity index (χ0) is 10.9. The van der Waals surface area contributed by atoms with Gasteiger partial charge < -0.3 is 4.55 Å². The SMILES string of the molecule is Cc1ccc(S(=O)(=O)O)cc1S(=O)O. The molecule has 0 aliphatic carbocycles. The molecular formula is C7H8O5S2. The summed E-state index contributed by atoms with van der Waals surface area (Å²) in [6.45, 7) is 1.57. The Balaban J connectivity index is 3.42. The predicted octanol–water partition coefficient (Wildman–Crippen LogP) is 0.822. The molecule has 0 aliphatic rings. The van der Waals surface area contributed by atoms with Crippen molar-refractivity contribution < 1.29 is 21.7 Å². The molecule has 5 nitrogen and oxygen atoms in total. The van der Waals surface area contributed by atoms with Gasteiger partial charge in [-0.15, -0.1) is 0 Å². The number of benzene rings is 1. The van der Waals surface area contributed by atoms with Crippen LogP contribution in [0.1, 0.15) is 5.56 Å². The third-order valence-electron chi connectivity index (χ3n) is 1.65. The van der Waals surface area contributed by atoms with E-state index < -0.39 is 21.2 Å². The van der Waals surface area contributed by atoms with E-state index in [9.17, 15) is 12.6 Å². The minimum atomic E-state index is -4.32. The molecule has 1 aromatic rings. The van der Waals surface area contributed by atoms with Gasteiger partial charge in [0.2, 0.25) is 0 Å². The first-order valence-electron chi connectivity index (χ1n) is 3.51. The van der Waals surface area contributed by atoms with Gasteiger partial charge in [-0.05, 0) is 24.6 Å². The van der Waals surface area contributed by atoms with E-state index in [0.29, 0.717) is 5.56 Å². The van der Waals surface area contributed by atoms with E-state index in [1.54, 1.807) is 6.92 Å². The van der Waals surface area contributed by atoms with Crippen molar-refractivity contribution in [2.45, 2.75) is 16.7 Å². The van der Waals surface area contributed by atoms with Crippen LogP contribution < -0.4 is 0 Å². The van der Waals surface area contributed by atoms with Crippen LogP contribution in [0.2, 0.25) is 0 Å². The molecule has 1 aromatic carbocycles. The first-order chi connectivity index (χ1) is 6.32. The van der Waals surface area contributed by atoms with Crippen LogP contribution in [0.3, 0.4) is 0 Å². The lowest BCUT2D eigenvalue weighted by Gasteiger charge is -2.02. The van der Waals surface area contributed by atoms with Crippen LogP contribution in [0.15, 0.2) is 28.0 Å². The Labute approximate surface area is 83.8 Å². The van der Waals surface area contributed by atoms with Crippen molar-refractivity contribution in [2.75, 3.05) is 0 Å². The molecule has 0 fully saturated rings. The summed E-state index contributed by atoms with van der Waals surface area (Å²) in [6.07, 6.45) is 0. The van der Waals surface area contributed by atoms with Crippen molar-refractivity contribution in [3.63, 3.8) is 0 Å². The highest BCUT2D eigenvalue weighted by Crippen LogP contribution is 2.17. The zero-order valence-electron chi connectivity index (χ0n) is 7.17. The van der Waals surface area contributed by atoms with Crippen molar-refractivity contribution >= 4 is 21.2 Å². The molecule has 0 aromatic heterocycles. The van der Waals surface area contributed by atoms with Crippen LogP contribution >= 0.6 is 0 Å². The lowest BCUT2D eigenvalue weighted by Crippen LogP contribution is -2.01. The Bertz CT molecular complexity index is 477. The minimum Gasteiger partial charge on any atom is -0.302 e. The van der Waals surface area contributed by atoms with E-state index in [-0.39, 0.29) is 9.79 Å². The Morgan fingerprint density at radius 1 is 1.36 bits per heavy atom. The normalized spacial score (nSPS) is 13.9. The Morgan fingerprint density at radius 2 is 1.93 bits per heavy atom. The molecule has 1 unspecified atom stereocenters. The maximum absolute atomic E-state index is 10.7. The van der Waals surface area contributed by atoms with Crippen LogP contribution in [0, 0.1) is 6.92 Å². The molecule has 2 N–H and O–H groups in total. The largest absolute Gasteiger partial charge is 0.302 e. The predicted molar refractivity (Wildman–Crippen MR) is 50.0 cm³/mol. The second kappa shape index (κ2) is 3.77. The first-order valence-corrected chi connectivity index (χ1v) is 6.06. The summed E-state index contributed by atoms with van der Waals surface area (Å²) in [5.74, 6) is 0. The Morgan fingerprint density at radius 3 is 2.36 bits per heavy atom. The summed E-state index contributed by atoms with van der Waals surface area (Å²) in [5.41, 5.74) is 0.484. The van der Waals surface area contributed by atoms with Crippen molar-refractivity contribution in [3.05, 3.63) is 23.8 Å². The van der Waals surface area contributed by atoms with E-state index >= 15 is 0 Å². The Kier molecular flexibility index (Phi) is 3.05. The van der Waals surface area contributed by atoms with Gasteiger partial charge in [0.25, 0.3) is 10.1 Å². The monoisotopic (exact) mass is 236 g/mol. The average Bonchev–Trinajstić information content (AvgIpc) is 2.02. The van der Waals surface area contributed by atoms with Crippen LogP contribution in [0.4, 0.5) is 0 Å². The van der Waals surface area contributed by atoms with Crippen molar-refractivity contribution in [3.8, 4) is 0 Å². The lowest BCUT2D eigenvalue weighted by atomic mass is 10.2. The molecule has 1 rings (SSSR count). The molecule has 1 atom stereocenters. The van der Waals surface area contributed by atoms with E-state index in [4.69, 9.17) is 9.11 Å². The standard InChI is InChI=1S/C7H8O5S2/c1-5-2-3-6(14(10,11)12)4-7(5)13(8)9/h2-4H,1H3,(H,8,9)(H,10,11,12). The highest BCUT2D eigenvalue weighted by atomic mass is 32.2. The third kappa shape index (κ3) is 2.38. The van der Waals surface area contributed by atoms with Gasteiger partial charge in [-0.3, -0.25) is 4.55 Å². The highest BCUT2D eigenvalue weighted by Gasteiger charge is 2.13. The van der Waals surface area contributed by atoms with Crippen molar-refractivity contribution in [1.82, 2.24) is 0 Å². The van der Waals surface area contributed by atoms with Crippen LogP contribution in [0.5, 0.6) is 0 Å². The van der Waals surface area contributed by atoms with Crippen LogP contribution in [-0.2, 0) is 21.2 Å². The van der Waals surface area contributed by atoms with Crippen LogP contribution in [0.25, 0.3) is 0 Å². The lowest BCUT2D eigenvalue weighted by molar-refractivity contribution is 0.483. The molecule has 14 heavy (non-hydrogen) atoms. The number of hydrogen-bond acceptors (Lipinski definition) is 3. The van der Waals surface area contributed by atoms with Crippen molar-refractivity contribution in [2.24, 2.45) is 0 Å². The molecule has 0 amide bonds. The molecule has 0 aliphatic heterocycles. The fourth-order valence-electron chi connectivity index (χ4n) is 0.929. The number of hydrogen-bond donors (Lipinski definition) is 2. The van der Waals surface area contributed by atoms with Gasteiger partial charge in [-0.25, -0.2) is 4.21 Å². The van der Waals surface area contributed by atoms with Gasteiger partial charge in [0.05, 0.1) is 9.79 Å². The summed E-state index contributed by atoms with van der Waals surface area (Å²) in [6, 6.07) is 3.49. The summed E-state index contributed by atoms with van der Waals surface area (Å²) in [4.78, 5) is -0.416. The van der Waals surface area contributed by atoms with E-state index in [0.717, 1.165) is 6.07 Å². The molecule has 7 heteroatoms. The topological polar surface area (TPSA) is 91.7 Å². The molecule has 0 bridgehead atoms. The molecule has 0 radical (unpaired) electrons. The third-order valence-corrected chi connectivity index (χ3v) is 3.31. The second-order valence-electron chi connectivity index (χ2n) is 2.65. The van der Waals surface area contributed by atoms with E-state index in [1.807, 2.05) is 0 Å². The molecule has 0 saturated heterocycles. The maximum atomic E-state index is 10.7. The quantitative estimate of drug-likeness (QED) is 0.586. The molecule has 78 valence electrons. The minimum absolute atomic E-state index is 0.0277. The smallest absolute Gasteiger partial charge is 0.294 e. The number of rotatable bonds is 2. The summed E-state index contributed by atoms with van der Waals surface area (Å²) in [5, 5.41) is 0. The zero-order valence-corrected chi connectivity index (χ0v) is 8.80. The molecule has 0 heterocycles. The number of aryl methyl sites for hydroxylation is 1. The second-order valence-corrected chi connectivity index (χ2v) is 5.01. The van der Waals surface area contributed by atoms with E-state index in [2.05, 4.69) is 0 Å². The summed E-state index contributed by atoms with van der Waals surface area (Å²) in [7, 11) is -4.32. The van der Waals surface area contributed by atoms with Gasteiger partial charge >= 0.3 is 0 Å². The molecular weight excluding hydrogens is 228 g/mol. The van der Waals surface area contributed by atoms with Gasteiger partial charge in [0, 0.05) is 0 Å². The molecule has 0 spiro atoms. The maximum Gasteiger partial charge on any atom is 0.294 e. The molecule has 0 saturated carbocycles. The Hall–Kier alpha value is -0.760. The summed E-state index contributed by atoms with van der Waals surface area (Å²) >= 11 is -2.26. The average molecular weight is 236 g/mol. The highest BCUT2D eigenvalue weighted by molar-refractivity contribution is 7.86. The fraction of sp³-hybridized carbons (Fsp3) is 0.143. The van der Waals surface area contributed by atoms with Crippen molar-refractivity contribution in [1.29, 1.82) is 0 Å².